The first-order valence-electron chi connectivity index (χ1n) is 5.00. The molecule has 0 bridgehead atoms. The van der Waals surface area contributed by atoms with Crippen LogP contribution in [0.3, 0.4) is 0 Å². The summed E-state index contributed by atoms with van der Waals surface area (Å²) in [6, 6.07) is 8.36. The number of rotatable bonds is 1. The van der Waals surface area contributed by atoms with Crippen LogP contribution in [-0.4, -0.2) is 0 Å². The molecular formula is C13H12Cl2. The van der Waals surface area contributed by atoms with Crippen LogP contribution in [0.4, 0.5) is 0 Å². The molecule has 0 atom stereocenters. The van der Waals surface area contributed by atoms with Crippen LogP contribution >= 0.6 is 23.2 Å². The lowest BCUT2D eigenvalue weighted by Crippen LogP contribution is -1.94. The molecule has 2 rings (SSSR count). The van der Waals surface area contributed by atoms with Crippen LogP contribution in [0.15, 0.2) is 40.4 Å². The molecule has 2 heteroatoms. The molecule has 0 saturated carbocycles. The summed E-state index contributed by atoms with van der Waals surface area (Å²) in [6.45, 7) is 2.08. The van der Waals surface area contributed by atoms with E-state index in [9.17, 15) is 0 Å². The molecule has 0 unspecified atom stereocenters. The van der Waals surface area contributed by atoms with E-state index in [1.165, 1.54) is 11.1 Å². The summed E-state index contributed by atoms with van der Waals surface area (Å²) in [5, 5.41) is 1.38. The number of hydrogen-bond donors (Lipinski definition) is 0. The van der Waals surface area contributed by atoms with Crippen molar-refractivity contribution in [1.82, 2.24) is 0 Å². The third kappa shape index (κ3) is 2.27. The van der Waals surface area contributed by atoms with Gasteiger partial charge in [-0.05, 0) is 30.9 Å². The Morgan fingerprint density at radius 2 is 2.00 bits per heavy atom. The zero-order valence-electron chi connectivity index (χ0n) is 8.56. The van der Waals surface area contributed by atoms with E-state index in [1.807, 2.05) is 12.1 Å². The predicted molar refractivity (Wildman–Crippen MR) is 67.1 cm³/mol. The number of allylic oxidation sites excluding steroid dienone is 4. The Morgan fingerprint density at radius 3 is 2.73 bits per heavy atom. The minimum Gasteiger partial charge on any atom is -0.0831 e. The summed E-state index contributed by atoms with van der Waals surface area (Å²) in [7, 11) is 0. The summed E-state index contributed by atoms with van der Waals surface area (Å²) in [4.78, 5) is 0. The van der Waals surface area contributed by atoms with Gasteiger partial charge in [0.1, 0.15) is 0 Å². The van der Waals surface area contributed by atoms with Crippen LogP contribution in [0.5, 0.6) is 0 Å². The Morgan fingerprint density at radius 1 is 1.20 bits per heavy atom. The molecule has 1 aliphatic rings. The van der Waals surface area contributed by atoms with E-state index < -0.39 is 0 Å². The van der Waals surface area contributed by atoms with Crippen LogP contribution in [0, 0.1) is 6.92 Å². The summed E-state index contributed by atoms with van der Waals surface area (Å²) in [5.74, 6) is 0. The van der Waals surface area contributed by atoms with Gasteiger partial charge in [-0.25, -0.2) is 0 Å². The van der Waals surface area contributed by atoms with Crippen LogP contribution in [0.1, 0.15) is 24.0 Å². The minimum atomic E-state index is 0.680. The average Bonchev–Trinajstić information content (AvgIpc) is 2.22. The number of halogens is 2. The zero-order valence-corrected chi connectivity index (χ0v) is 10.1. The highest BCUT2D eigenvalue weighted by atomic mass is 35.5. The quantitative estimate of drug-likeness (QED) is 0.656. The van der Waals surface area contributed by atoms with E-state index in [0.717, 1.165) is 18.4 Å². The molecule has 78 valence electrons. The highest BCUT2D eigenvalue weighted by Crippen LogP contribution is 2.36. The van der Waals surface area contributed by atoms with Gasteiger partial charge in [0.25, 0.3) is 0 Å². The molecule has 0 aromatic heterocycles. The highest BCUT2D eigenvalue weighted by Gasteiger charge is 2.14. The average molecular weight is 239 g/mol. The zero-order chi connectivity index (χ0) is 10.8. The molecule has 0 aliphatic heterocycles. The Hall–Kier alpha value is -0.720. The maximum Gasteiger partial charge on any atom is 0.0627 e. The van der Waals surface area contributed by atoms with Crippen molar-refractivity contribution in [1.29, 1.82) is 0 Å². The summed E-state index contributed by atoms with van der Waals surface area (Å²) < 4.78 is 0. The number of benzene rings is 1. The monoisotopic (exact) mass is 238 g/mol. The van der Waals surface area contributed by atoms with Crippen molar-refractivity contribution < 1.29 is 0 Å². The van der Waals surface area contributed by atoms with Gasteiger partial charge in [-0.15, -0.1) is 0 Å². The van der Waals surface area contributed by atoms with E-state index in [-0.39, 0.29) is 0 Å². The normalized spacial score (nSPS) is 16.6. The lowest BCUT2D eigenvalue weighted by Gasteiger charge is -2.14. The third-order valence-electron chi connectivity index (χ3n) is 2.56. The Bertz CT molecular complexity index is 442. The van der Waals surface area contributed by atoms with Crippen LogP contribution in [0.25, 0.3) is 5.57 Å². The molecule has 0 saturated heterocycles. The maximum absolute atomic E-state index is 6.20. The largest absolute Gasteiger partial charge is 0.0831 e. The standard InChI is InChI=1S/C13H12Cl2/c1-9-4-2-5-10(8-9)11-6-3-7-12(14)13(11)15/h2,4-5,7-8H,3,6H2,1H3. The fraction of sp³-hybridized carbons (Fsp3) is 0.231. The SMILES string of the molecule is Cc1cccc(C2=C(Cl)C(Cl)=CCC2)c1. The highest BCUT2D eigenvalue weighted by molar-refractivity contribution is 6.46. The first-order valence-corrected chi connectivity index (χ1v) is 5.76. The second kappa shape index (κ2) is 4.42. The summed E-state index contributed by atoms with van der Waals surface area (Å²) in [6.07, 6.45) is 3.92. The van der Waals surface area contributed by atoms with Crippen LogP contribution in [-0.2, 0) is 0 Å². The smallest absolute Gasteiger partial charge is 0.0627 e. The van der Waals surface area contributed by atoms with Crippen LogP contribution in [0.2, 0.25) is 0 Å². The molecule has 0 heterocycles. The summed E-state index contributed by atoms with van der Waals surface area (Å²) >= 11 is 12.2. The lowest BCUT2D eigenvalue weighted by molar-refractivity contribution is 1.04. The van der Waals surface area contributed by atoms with Crippen molar-refractivity contribution >= 4 is 28.8 Å². The fourth-order valence-electron chi connectivity index (χ4n) is 1.79. The van der Waals surface area contributed by atoms with Crippen molar-refractivity contribution in [3.05, 3.63) is 51.5 Å². The van der Waals surface area contributed by atoms with Gasteiger partial charge in [-0.3, -0.25) is 0 Å². The van der Waals surface area contributed by atoms with E-state index >= 15 is 0 Å². The molecule has 1 aromatic rings. The van der Waals surface area contributed by atoms with E-state index in [4.69, 9.17) is 23.2 Å². The van der Waals surface area contributed by atoms with Crippen molar-refractivity contribution in [2.45, 2.75) is 19.8 Å². The molecule has 0 radical (unpaired) electrons. The van der Waals surface area contributed by atoms with E-state index in [2.05, 4.69) is 25.1 Å². The Kier molecular flexibility index (Phi) is 3.18. The molecule has 1 aliphatic carbocycles. The predicted octanol–water partition coefficient (Wildman–Crippen LogP) is 4.86. The molecule has 0 N–H and O–H groups in total. The molecule has 0 amide bonds. The number of hydrogen-bond acceptors (Lipinski definition) is 0. The molecular weight excluding hydrogens is 227 g/mol. The summed E-state index contributed by atoms with van der Waals surface area (Å²) in [5.41, 5.74) is 3.59. The van der Waals surface area contributed by atoms with Gasteiger partial charge >= 0.3 is 0 Å². The first-order chi connectivity index (χ1) is 7.18. The third-order valence-corrected chi connectivity index (χ3v) is 3.43. The Labute approximate surface area is 100 Å². The van der Waals surface area contributed by atoms with Gasteiger partial charge in [0, 0.05) is 0 Å². The minimum absolute atomic E-state index is 0.680. The van der Waals surface area contributed by atoms with Gasteiger partial charge < -0.3 is 0 Å². The van der Waals surface area contributed by atoms with Crippen molar-refractivity contribution in [2.24, 2.45) is 0 Å². The van der Waals surface area contributed by atoms with Gasteiger partial charge in [0.2, 0.25) is 0 Å². The lowest BCUT2D eigenvalue weighted by atomic mass is 9.96. The molecule has 0 nitrogen and oxygen atoms in total. The van der Waals surface area contributed by atoms with Crippen molar-refractivity contribution in [3.63, 3.8) is 0 Å². The van der Waals surface area contributed by atoms with Gasteiger partial charge in [-0.1, -0.05) is 59.1 Å². The molecule has 0 spiro atoms. The van der Waals surface area contributed by atoms with E-state index in [1.54, 1.807) is 0 Å². The maximum atomic E-state index is 6.20. The van der Waals surface area contributed by atoms with Crippen molar-refractivity contribution in [3.8, 4) is 0 Å². The molecule has 0 fully saturated rings. The first kappa shape index (κ1) is 10.8. The van der Waals surface area contributed by atoms with Gasteiger partial charge in [-0.2, -0.15) is 0 Å². The Balaban J connectivity index is 2.47. The van der Waals surface area contributed by atoms with Crippen LogP contribution < -0.4 is 0 Å². The molecule has 1 aromatic carbocycles. The second-order valence-corrected chi connectivity index (χ2v) is 4.54. The van der Waals surface area contributed by atoms with Crippen molar-refractivity contribution in [2.75, 3.05) is 0 Å². The number of aryl methyl sites for hydroxylation is 1. The topological polar surface area (TPSA) is 0 Å². The molecule has 15 heavy (non-hydrogen) atoms. The van der Waals surface area contributed by atoms with Gasteiger partial charge in [0.15, 0.2) is 0 Å². The van der Waals surface area contributed by atoms with Gasteiger partial charge in [0.05, 0.1) is 10.1 Å². The second-order valence-electron chi connectivity index (χ2n) is 3.75. The fourth-order valence-corrected chi connectivity index (χ4v) is 2.29. The van der Waals surface area contributed by atoms with E-state index in [0.29, 0.717) is 10.1 Å².